The summed E-state index contributed by atoms with van der Waals surface area (Å²) in [5.41, 5.74) is 6.88. The van der Waals surface area contributed by atoms with Gasteiger partial charge in [0.25, 0.3) is 0 Å². The second-order valence-corrected chi connectivity index (χ2v) is 2.31. The Morgan fingerprint density at radius 2 is 2.44 bits per heavy atom. The number of thioether (sulfide) groups is 1. The minimum Gasteiger partial charge on any atom is -0.394 e. The number of aliphatic imine (C=N–C) groups is 1. The third kappa shape index (κ3) is 7.30. The molecule has 0 aliphatic carbocycles. The molecule has 0 saturated carbocycles. The molecule has 0 aliphatic heterocycles. The van der Waals surface area contributed by atoms with E-state index >= 15 is 0 Å². The van der Waals surface area contributed by atoms with Crippen molar-refractivity contribution in [1.29, 1.82) is 0 Å². The van der Waals surface area contributed by atoms with Gasteiger partial charge in [-0.2, -0.15) is 0 Å². The highest BCUT2D eigenvalue weighted by Gasteiger charge is 1.77. The molecule has 0 saturated heterocycles. The second kappa shape index (κ2) is 5.44. The lowest BCUT2D eigenvalue weighted by Crippen LogP contribution is -1.87. The van der Waals surface area contributed by atoms with Gasteiger partial charge in [0.15, 0.2) is 0 Å². The molecule has 0 amide bonds. The fraction of sp³-hybridized carbons (Fsp3) is 0.167. The van der Waals surface area contributed by atoms with E-state index in [1.165, 1.54) is 11.8 Å². The van der Waals surface area contributed by atoms with Crippen LogP contribution in [0.15, 0.2) is 29.3 Å². The lowest BCUT2D eigenvalue weighted by Gasteiger charge is -1.86. The summed E-state index contributed by atoms with van der Waals surface area (Å²) in [5, 5.41) is 0.558. The molecule has 2 nitrogen and oxygen atoms in total. The summed E-state index contributed by atoms with van der Waals surface area (Å²) in [5.74, 6) is 0. The van der Waals surface area contributed by atoms with Crippen LogP contribution in [0.4, 0.5) is 0 Å². The van der Waals surface area contributed by atoms with Gasteiger partial charge in [0.2, 0.25) is 0 Å². The predicted molar refractivity (Wildman–Crippen MR) is 44.5 cm³/mol. The van der Waals surface area contributed by atoms with Crippen molar-refractivity contribution >= 4 is 17.3 Å². The maximum absolute atomic E-state index is 5.23. The number of nitrogens with zero attached hydrogens (tertiary/aromatic N) is 1. The third-order valence-corrected chi connectivity index (χ3v) is 1.07. The average molecular weight is 142 g/mol. The van der Waals surface area contributed by atoms with Crippen LogP contribution < -0.4 is 5.73 Å². The van der Waals surface area contributed by atoms with Crippen molar-refractivity contribution in [1.82, 2.24) is 0 Å². The van der Waals surface area contributed by atoms with Gasteiger partial charge in [0, 0.05) is 0 Å². The van der Waals surface area contributed by atoms with Crippen molar-refractivity contribution in [3.63, 3.8) is 0 Å². The zero-order valence-corrected chi connectivity index (χ0v) is 6.03. The van der Waals surface area contributed by atoms with Crippen molar-refractivity contribution in [2.75, 3.05) is 6.54 Å². The minimum atomic E-state index is 0.558. The van der Waals surface area contributed by atoms with E-state index in [-0.39, 0.29) is 0 Å². The molecule has 2 N–H and O–H groups in total. The number of rotatable bonds is 4. The monoisotopic (exact) mass is 142 g/mol. The van der Waals surface area contributed by atoms with E-state index in [2.05, 4.69) is 18.2 Å². The van der Waals surface area contributed by atoms with Crippen LogP contribution in [-0.2, 0) is 0 Å². The molecule has 0 atom stereocenters. The van der Waals surface area contributed by atoms with Gasteiger partial charge in [-0.3, -0.25) is 4.99 Å². The van der Waals surface area contributed by atoms with Gasteiger partial charge in [-0.05, 0) is 0 Å². The minimum absolute atomic E-state index is 0.558. The molecule has 3 heteroatoms. The summed E-state index contributed by atoms with van der Waals surface area (Å²) in [7, 11) is 0. The molecule has 0 radical (unpaired) electrons. The fourth-order valence-corrected chi connectivity index (χ4v) is 0.519. The van der Waals surface area contributed by atoms with Crippen LogP contribution in [0.3, 0.4) is 0 Å². The van der Waals surface area contributed by atoms with E-state index in [4.69, 9.17) is 5.73 Å². The van der Waals surface area contributed by atoms with Crippen molar-refractivity contribution in [2.24, 2.45) is 10.7 Å². The van der Waals surface area contributed by atoms with E-state index < -0.39 is 0 Å². The molecule has 0 bridgehead atoms. The first-order valence-corrected chi connectivity index (χ1v) is 3.35. The number of nitrogens with two attached hydrogens (primary N) is 1. The smallest absolute Gasteiger partial charge is 0.0639 e. The highest BCUT2D eigenvalue weighted by molar-refractivity contribution is 8.15. The molecule has 0 aromatic heterocycles. The van der Waals surface area contributed by atoms with Crippen molar-refractivity contribution in [3.8, 4) is 0 Å². The molecule has 9 heavy (non-hydrogen) atoms. The van der Waals surface area contributed by atoms with Gasteiger partial charge in [-0.25, -0.2) is 0 Å². The maximum Gasteiger partial charge on any atom is 0.0639 e. The quantitative estimate of drug-likeness (QED) is 0.365. The molecule has 0 aromatic carbocycles. The zero-order chi connectivity index (χ0) is 7.11. The molecule has 0 spiro atoms. The first-order valence-electron chi connectivity index (χ1n) is 2.47. The van der Waals surface area contributed by atoms with Crippen LogP contribution in [0.1, 0.15) is 0 Å². The van der Waals surface area contributed by atoms with Crippen LogP contribution in [-0.4, -0.2) is 12.1 Å². The Hall–Kier alpha value is -0.700. The lowest BCUT2D eigenvalue weighted by molar-refractivity contribution is 1.27. The first kappa shape index (κ1) is 8.30. The molecule has 0 rings (SSSR count). The average Bonchev–Trinajstić information content (AvgIpc) is 1.80. The Balaban J connectivity index is 3.24. The molecular formula is C6H10N2S. The highest BCUT2D eigenvalue weighted by atomic mass is 32.2. The summed E-state index contributed by atoms with van der Waals surface area (Å²) in [6, 6.07) is 0. The summed E-state index contributed by atoms with van der Waals surface area (Å²) >= 11 is 1.32. The van der Waals surface area contributed by atoms with Gasteiger partial charge >= 0.3 is 0 Å². The zero-order valence-electron chi connectivity index (χ0n) is 5.21. The van der Waals surface area contributed by atoms with E-state index in [1.54, 1.807) is 11.6 Å². The molecule has 0 aliphatic rings. The Bertz CT molecular complexity index is 129. The number of hydrogen-bond donors (Lipinski definition) is 1. The SMILES string of the molecule is C=CCN=CSC(=C)N. The second-order valence-electron chi connectivity index (χ2n) is 1.34. The van der Waals surface area contributed by atoms with Crippen molar-refractivity contribution in [3.05, 3.63) is 24.3 Å². The molecule has 0 heterocycles. The molecule has 0 fully saturated rings. The predicted octanol–water partition coefficient (Wildman–Crippen LogP) is 1.36. The lowest BCUT2D eigenvalue weighted by atomic mass is 10.7. The van der Waals surface area contributed by atoms with Gasteiger partial charge in [0.1, 0.15) is 0 Å². The number of hydrogen-bond acceptors (Lipinski definition) is 3. The Morgan fingerprint density at radius 1 is 1.78 bits per heavy atom. The fourth-order valence-electron chi connectivity index (χ4n) is 0.223. The van der Waals surface area contributed by atoms with Gasteiger partial charge in [-0.1, -0.05) is 24.4 Å². The van der Waals surface area contributed by atoms with Crippen LogP contribution in [0.5, 0.6) is 0 Å². The van der Waals surface area contributed by atoms with E-state index in [0.717, 1.165) is 0 Å². The molecule has 0 aromatic rings. The van der Waals surface area contributed by atoms with Crippen molar-refractivity contribution < 1.29 is 0 Å². The van der Waals surface area contributed by atoms with E-state index in [0.29, 0.717) is 11.6 Å². The Labute approximate surface area is 59.5 Å². The summed E-state index contributed by atoms with van der Waals surface area (Å²) in [4.78, 5) is 3.91. The van der Waals surface area contributed by atoms with Crippen molar-refractivity contribution in [2.45, 2.75) is 0 Å². The van der Waals surface area contributed by atoms with Gasteiger partial charge in [0.05, 0.1) is 17.1 Å². The largest absolute Gasteiger partial charge is 0.394 e. The van der Waals surface area contributed by atoms with Gasteiger partial charge in [-0.15, -0.1) is 6.58 Å². The topological polar surface area (TPSA) is 38.4 Å². The standard InChI is InChI=1S/C6H10N2S/c1-3-4-8-5-9-6(2)7/h3,5H,1-2,4,7H2. The van der Waals surface area contributed by atoms with Gasteiger partial charge < -0.3 is 5.73 Å². The first-order chi connectivity index (χ1) is 4.27. The molecule has 0 unspecified atom stereocenters. The van der Waals surface area contributed by atoms with E-state index in [1.807, 2.05) is 0 Å². The summed E-state index contributed by atoms with van der Waals surface area (Å²) < 4.78 is 0. The molecular weight excluding hydrogens is 132 g/mol. The summed E-state index contributed by atoms with van der Waals surface area (Å²) in [6.07, 6.45) is 1.72. The van der Waals surface area contributed by atoms with Crippen LogP contribution in [0, 0.1) is 0 Å². The normalized spacial score (nSPS) is 9.78. The third-order valence-electron chi connectivity index (χ3n) is 0.513. The summed E-state index contributed by atoms with van der Waals surface area (Å²) in [6.45, 7) is 7.62. The van der Waals surface area contributed by atoms with Crippen LogP contribution >= 0.6 is 11.8 Å². The van der Waals surface area contributed by atoms with E-state index in [9.17, 15) is 0 Å². The Morgan fingerprint density at radius 3 is 2.89 bits per heavy atom. The maximum atomic E-state index is 5.23. The highest BCUT2D eigenvalue weighted by Crippen LogP contribution is 2.00. The molecule has 50 valence electrons. The Kier molecular flexibility index (Phi) is 5.01. The van der Waals surface area contributed by atoms with Crippen LogP contribution in [0.2, 0.25) is 0 Å². The van der Waals surface area contributed by atoms with Crippen LogP contribution in [0.25, 0.3) is 0 Å².